The van der Waals surface area contributed by atoms with Crippen LogP contribution in [-0.2, 0) is 28.8 Å². The lowest BCUT2D eigenvalue weighted by atomic mass is 10.2. The number of ether oxygens (including phenoxy) is 4. The second-order valence-electron chi connectivity index (χ2n) is 6.91. The molecule has 0 aliphatic carbocycles. The SMILES string of the molecule is CO[C@@H]1CCS(=O)(=O)[C@@H]1C.CO[C@H]1CCO[C@H]1C.CO[C@H]1CCS[C@H]1C. The molecule has 3 fully saturated rings. The molecule has 156 valence electrons. The first-order chi connectivity index (χ1) is 12.3. The fourth-order valence-electron chi connectivity index (χ4n) is 3.28. The molecule has 3 saturated heterocycles. The molecule has 0 aromatic heterocycles. The monoisotopic (exact) mass is 412 g/mol. The molecule has 0 spiro atoms. The molecule has 0 aromatic rings. The Morgan fingerprint density at radius 1 is 0.885 bits per heavy atom. The Kier molecular flexibility index (Phi) is 11.0. The highest BCUT2D eigenvalue weighted by atomic mass is 32.2. The van der Waals surface area contributed by atoms with Crippen LogP contribution in [0.2, 0.25) is 0 Å². The molecule has 26 heavy (non-hydrogen) atoms. The Morgan fingerprint density at radius 2 is 1.50 bits per heavy atom. The van der Waals surface area contributed by atoms with E-state index in [4.69, 9.17) is 18.9 Å². The van der Waals surface area contributed by atoms with Crippen LogP contribution in [0.5, 0.6) is 0 Å². The van der Waals surface area contributed by atoms with Crippen LogP contribution in [0.4, 0.5) is 0 Å². The van der Waals surface area contributed by atoms with E-state index in [1.54, 1.807) is 28.3 Å². The van der Waals surface area contributed by atoms with Gasteiger partial charge in [-0.25, -0.2) is 8.42 Å². The fourth-order valence-corrected chi connectivity index (χ4v) is 6.13. The largest absolute Gasteiger partial charge is 0.380 e. The molecule has 6 atom stereocenters. The van der Waals surface area contributed by atoms with Crippen molar-refractivity contribution in [3.05, 3.63) is 0 Å². The van der Waals surface area contributed by atoms with Crippen molar-refractivity contribution < 1.29 is 27.4 Å². The molecular weight excluding hydrogens is 376 g/mol. The van der Waals surface area contributed by atoms with Crippen LogP contribution in [0, 0.1) is 0 Å². The van der Waals surface area contributed by atoms with Crippen LogP contribution in [0.3, 0.4) is 0 Å². The van der Waals surface area contributed by atoms with Crippen LogP contribution in [0.15, 0.2) is 0 Å². The van der Waals surface area contributed by atoms with Gasteiger partial charge in [0.2, 0.25) is 0 Å². The van der Waals surface area contributed by atoms with E-state index >= 15 is 0 Å². The second kappa shape index (κ2) is 11.9. The molecule has 3 aliphatic rings. The lowest BCUT2D eigenvalue weighted by Gasteiger charge is -2.10. The van der Waals surface area contributed by atoms with Gasteiger partial charge in [0.1, 0.15) is 0 Å². The lowest BCUT2D eigenvalue weighted by Crippen LogP contribution is -2.23. The zero-order chi connectivity index (χ0) is 19.7. The van der Waals surface area contributed by atoms with Gasteiger partial charge in [0, 0.05) is 33.2 Å². The maximum Gasteiger partial charge on any atom is 0.155 e. The standard InChI is InChI=1S/C6H12O3S.C6H12O2.C6H12OS/c1-5-6(9-2)3-4-10(5,7)8;2*1-5-6(7-2)3-4-8-5/h5-6H,3-4H2,1-2H3;2*5-6H,3-4H2,1-2H3/t3*5-,6-/m100/s1. The van der Waals surface area contributed by atoms with E-state index in [-0.39, 0.29) is 17.1 Å². The fraction of sp³-hybridized carbons (Fsp3) is 1.00. The van der Waals surface area contributed by atoms with Gasteiger partial charge in [-0.1, -0.05) is 6.92 Å². The van der Waals surface area contributed by atoms with Crippen molar-refractivity contribution >= 4 is 21.6 Å². The Hall–Kier alpha value is 0.140. The minimum atomic E-state index is -2.81. The summed E-state index contributed by atoms with van der Waals surface area (Å²) in [6.07, 6.45) is 4.04. The second-order valence-corrected chi connectivity index (χ2v) is 10.9. The highest BCUT2D eigenvalue weighted by Gasteiger charge is 2.36. The Balaban J connectivity index is 0.000000197. The predicted octanol–water partition coefficient (Wildman–Crippen LogP) is 2.55. The summed E-state index contributed by atoms with van der Waals surface area (Å²) in [7, 11) is 2.28. The number of thioether (sulfide) groups is 1. The van der Waals surface area contributed by atoms with Gasteiger partial charge in [-0.2, -0.15) is 11.8 Å². The summed E-state index contributed by atoms with van der Waals surface area (Å²) in [6, 6.07) is 0. The minimum absolute atomic E-state index is 0.0787. The van der Waals surface area contributed by atoms with Gasteiger partial charge in [-0.3, -0.25) is 0 Å². The highest BCUT2D eigenvalue weighted by Crippen LogP contribution is 2.27. The summed E-state index contributed by atoms with van der Waals surface area (Å²) in [5.41, 5.74) is 0. The molecule has 0 bridgehead atoms. The van der Waals surface area contributed by atoms with Crippen molar-refractivity contribution in [2.45, 2.75) is 74.9 Å². The van der Waals surface area contributed by atoms with Crippen LogP contribution in [-0.4, -0.2) is 82.8 Å². The third kappa shape index (κ3) is 7.28. The molecule has 0 saturated carbocycles. The first kappa shape index (κ1) is 24.2. The number of hydrogen-bond acceptors (Lipinski definition) is 7. The maximum atomic E-state index is 11.1. The summed E-state index contributed by atoms with van der Waals surface area (Å²) >= 11 is 2.00. The van der Waals surface area contributed by atoms with Crippen molar-refractivity contribution in [3.8, 4) is 0 Å². The van der Waals surface area contributed by atoms with E-state index in [9.17, 15) is 8.42 Å². The average molecular weight is 413 g/mol. The molecule has 6 nitrogen and oxygen atoms in total. The predicted molar refractivity (Wildman–Crippen MR) is 107 cm³/mol. The minimum Gasteiger partial charge on any atom is -0.380 e. The normalized spacial score (nSPS) is 38.2. The molecule has 0 aromatic carbocycles. The van der Waals surface area contributed by atoms with Crippen molar-refractivity contribution in [2.24, 2.45) is 0 Å². The summed E-state index contributed by atoms with van der Waals surface area (Å²) in [5, 5.41) is 0.414. The zero-order valence-corrected chi connectivity index (χ0v) is 18.6. The molecule has 3 aliphatic heterocycles. The first-order valence-electron chi connectivity index (χ1n) is 9.30. The van der Waals surface area contributed by atoms with Gasteiger partial charge in [0.25, 0.3) is 0 Å². The first-order valence-corrected chi connectivity index (χ1v) is 12.1. The van der Waals surface area contributed by atoms with E-state index in [2.05, 4.69) is 6.92 Å². The molecule has 0 unspecified atom stereocenters. The van der Waals surface area contributed by atoms with Gasteiger partial charge in [0.05, 0.1) is 35.4 Å². The molecule has 3 rings (SSSR count). The van der Waals surface area contributed by atoms with E-state index in [1.165, 1.54) is 12.2 Å². The zero-order valence-electron chi connectivity index (χ0n) is 17.0. The van der Waals surface area contributed by atoms with Gasteiger partial charge in [0.15, 0.2) is 9.84 Å². The Labute approximate surface area is 163 Å². The van der Waals surface area contributed by atoms with Crippen LogP contribution >= 0.6 is 11.8 Å². The molecule has 8 heteroatoms. The molecule has 0 N–H and O–H groups in total. The van der Waals surface area contributed by atoms with Crippen molar-refractivity contribution in [1.29, 1.82) is 0 Å². The van der Waals surface area contributed by atoms with Crippen LogP contribution in [0.25, 0.3) is 0 Å². The van der Waals surface area contributed by atoms with Crippen LogP contribution < -0.4 is 0 Å². The number of hydrogen-bond donors (Lipinski definition) is 0. The summed E-state index contributed by atoms with van der Waals surface area (Å²) in [4.78, 5) is 0. The van der Waals surface area contributed by atoms with Crippen molar-refractivity contribution in [2.75, 3.05) is 39.4 Å². The highest BCUT2D eigenvalue weighted by molar-refractivity contribution is 8.00. The Bertz CT molecular complexity index is 464. The van der Waals surface area contributed by atoms with Gasteiger partial charge in [-0.15, -0.1) is 0 Å². The third-order valence-electron chi connectivity index (χ3n) is 5.30. The smallest absolute Gasteiger partial charge is 0.155 e. The quantitative estimate of drug-likeness (QED) is 0.705. The van der Waals surface area contributed by atoms with E-state index in [0.717, 1.165) is 18.3 Å². The third-order valence-corrected chi connectivity index (χ3v) is 8.84. The van der Waals surface area contributed by atoms with Gasteiger partial charge < -0.3 is 18.9 Å². The van der Waals surface area contributed by atoms with Gasteiger partial charge in [-0.05, 0) is 38.9 Å². The molecule has 3 heterocycles. The summed E-state index contributed by atoms with van der Waals surface area (Å²) < 4.78 is 42.6. The molecular formula is C18H36O6S2. The van der Waals surface area contributed by atoms with Crippen molar-refractivity contribution in [1.82, 2.24) is 0 Å². The number of methoxy groups -OCH3 is 3. The number of rotatable bonds is 3. The summed E-state index contributed by atoms with van der Waals surface area (Å²) in [6.45, 7) is 6.84. The molecule has 0 amide bonds. The number of sulfone groups is 1. The van der Waals surface area contributed by atoms with Gasteiger partial charge >= 0.3 is 0 Å². The topological polar surface area (TPSA) is 71.1 Å². The van der Waals surface area contributed by atoms with Crippen LogP contribution in [0.1, 0.15) is 40.0 Å². The van der Waals surface area contributed by atoms with E-state index in [0.29, 0.717) is 24.7 Å². The Morgan fingerprint density at radius 3 is 1.73 bits per heavy atom. The average Bonchev–Trinajstić information content (AvgIpc) is 3.29. The van der Waals surface area contributed by atoms with Crippen molar-refractivity contribution in [3.63, 3.8) is 0 Å². The van der Waals surface area contributed by atoms with E-state index in [1.807, 2.05) is 18.7 Å². The molecule has 0 radical (unpaired) electrons. The summed E-state index contributed by atoms with van der Waals surface area (Å²) in [5.74, 6) is 1.56. The lowest BCUT2D eigenvalue weighted by molar-refractivity contribution is 0.0270. The maximum absolute atomic E-state index is 11.1. The van der Waals surface area contributed by atoms with E-state index < -0.39 is 9.84 Å².